The maximum absolute atomic E-state index is 14.6. The van der Waals surface area contributed by atoms with E-state index in [1.54, 1.807) is 0 Å². The van der Waals surface area contributed by atoms with Crippen LogP contribution in [0.15, 0.2) is 0 Å². The Labute approximate surface area is 169 Å². The smallest absolute Gasteiger partial charge is 0.317 e. The van der Waals surface area contributed by atoms with E-state index in [0.717, 1.165) is 0 Å². The molecule has 0 radical (unpaired) electrons. The molecule has 0 amide bonds. The third-order valence-corrected chi connectivity index (χ3v) is 6.94. The molecule has 7 unspecified atom stereocenters. The fourth-order valence-corrected chi connectivity index (χ4v) is 5.42. The van der Waals surface area contributed by atoms with Crippen molar-refractivity contribution in [3.63, 3.8) is 0 Å². The number of halogens is 9. The quantitative estimate of drug-likeness (QED) is 0.360. The molecule has 3 saturated carbocycles. The second kappa shape index (κ2) is 9.05. The van der Waals surface area contributed by atoms with Gasteiger partial charge >= 0.3 is 6.11 Å². The fraction of sp³-hybridized carbons (Fsp3) is 1.00. The molecule has 0 aromatic rings. The molecule has 3 fully saturated rings. The SMILES string of the molecule is FC1CC(C2CCC(OC(F)(F)C3C(F)CC(Cl)CC3F)CC2F)CC(F)C1F. The standard InChI is InChI=1S/C19H25ClF8O/c20-9-5-13(22)17(14(23)6-9)19(27,28)29-10-1-2-11(12(21)7-10)8-3-15(24)18(26)16(25)4-8/h8-18H,1-7H2. The van der Waals surface area contributed by atoms with Gasteiger partial charge in [-0.15, -0.1) is 11.6 Å². The summed E-state index contributed by atoms with van der Waals surface area (Å²) in [7, 11) is 0. The highest BCUT2D eigenvalue weighted by molar-refractivity contribution is 6.20. The van der Waals surface area contributed by atoms with Crippen LogP contribution in [0.4, 0.5) is 35.1 Å². The van der Waals surface area contributed by atoms with E-state index in [0.29, 0.717) is 0 Å². The zero-order chi connectivity index (χ0) is 21.5. The normalized spacial score (nSPS) is 49.8. The van der Waals surface area contributed by atoms with Gasteiger partial charge in [0.05, 0.1) is 6.10 Å². The van der Waals surface area contributed by atoms with E-state index in [9.17, 15) is 35.1 Å². The van der Waals surface area contributed by atoms with Gasteiger partial charge in [0.15, 0.2) is 6.17 Å². The van der Waals surface area contributed by atoms with Crippen molar-refractivity contribution in [3.8, 4) is 0 Å². The molecule has 170 valence electrons. The van der Waals surface area contributed by atoms with Crippen molar-refractivity contribution in [2.75, 3.05) is 0 Å². The molecule has 7 atom stereocenters. The molecule has 0 N–H and O–H groups in total. The highest BCUT2D eigenvalue weighted by atomic mass is 35.5. The van der Waals surface area contributed by atoms with Crippen LogP contribution >= 0.6 is 11.6 Å². The molecular formula is C19H25ClF8O. The summed E-state index contributed by atoms with van der Waals surface area (Å²) in [5.41, 5.74) is 0. The van der Waals surface area contributed by atoms with E-state index >= 15 is 0 Å². The summed E-state index contributed by atoms with van der Waals surface area (Å²) in [6.07, 6.45) is -19.7. The maximum atomic E-state index is 14.6. The van der Waals surface area contributed by atoms with E-state index in [4.69, 9.17) is 11.6 Å². The Morgan fingerprint density at radius 2 is 1.24 bits per heavy atom. The van der Waals surface area contributed by atoms with Gasteiger partial charge in [0.25, 0.3) is 0 Å². The van der Waals surface area contributed by atoms with Crippen molar-refractivity contribution in [2.24, 2.45) is 17.8 Å². The minimum Gasteiger partial charge on any atom is -0.317 e. The van der Waals surface area contributed by atoms with Gasteiger partial charge in [-0.1, -0.05) is 0 Å². The third-order valence-electron chi connectivity index (χ3n) is 6.58. The zero-order valence-corrected chi connectivity index (χ0v) is 16.4. The predicted octanol–water partition coefficient (Wildman–Crippen LogP) is 6.22. The highest BCUT2D eigenvalue weighted by Gasteiger charge is 2.55. The van der Waals surface area contributed by atoms with Crippen LogP contribution in [0.5, 0.6) is 0 Å². The predicted molar refractivity (Wildman–Crippen MR) is 91.6 cm³/mol. The first-order chi connectivity index (χ1) is 13.5. The Morgan fingerprint density at radius 1 is 0.690 bits per heavy atom. The van der Waals surface area contributed by atoms with E-state index in [1.165, 1.54) is 0 Å². The Hall–Kier alpha value is -0.310. The van der Waals surface area contributed by atoms with Gasteiger partial charge in [0, 0.05) is 11.8 Å². The van der Waals surface area contributed by atoms with Crippen LogP contribution in [0.25, 0.3) is 0 Å². The Bertz CT molecular complexity index is 530. The van der Waals surface area contributed by atoms with Crippen molar-refractivity contribution in [1.82, 2.24) is 0 Å². The number of hydrogen-bond acceptors (Lipinski definition) is 1. The van der Waals surface area contributed by atoms with Crippen molar-refractivity contribution in [2.45, 2.75) is 99.6 Å². The molecule has 3 rings (SSSR count). The zero-order valence-electron chi connectivity index (χ0n) is 15.6. The summed E-state index contributed by atoms with van der Waals surface area (Å²) >= 11 is 5.66. The average Bonchev–Trinajstić information content (AvgIpc) is 2.57. The van der Waals surface area contributed by atoms with Gasteiger partial charge in [0.1, 0.15) is 36.8 Å². The van der Waals surface area contributed by atoms with Crippen molar-refractivity contribution in [1.29, 1.82) is 0 Å². The highest BCUT2D eigenvalue weighted by Crippen LogP contribution is 2.46. The first kappa shape index (κ1) is 23.4. The largest absolute Gasteiger partial charge is 0.364 e. The molecule has 1 nitrogen and oxygen atoms in total. The second-order valence-electron chi connectivity index (χ2n) is 8.63. The molecule has 0 saturated heterocycles. The average molecular weight is 457 g/mol. The van der Waals surface area contributed by atoms with Gasteiger partial charge in [-0.3, -0.25) is 0 Å². The number of alkyl halides is 9. The Balaban J connectivity index is 1.58. The van der Waals surface area contributed by atoms with Crippen LogP contribution in [0.3, 0.4) is 0 Å². The van der Waals surface area contributed by atoms with E-state index < -0.39 is 91.6 Å². The molecular weight excluding hydrogens is 432 g/mol. The van der Waals surface area contributed by atoms with Crippen molar-refractivity contribution < 1.29 is 39.9 Å². The number of ether oxygens (including phenoxy) is 1. The summed E-state index contributed by atoms with van der Waals surface area (Å²) in [6.45, 7) is 0. The van der Waals surface area contributed by atoms with Crippen LogP contribution in [0.1, 0.15) is 44.9 Å². The molecule has 0 spiro atoms. The van der Waals surface area contributed by atoms with Gasteiger partial charge < -0.3 is 4.74 Å². The minimum atomic E-state index is -4.13. The Morgan fingerprint density at radius 3 is 1.76 bits per heavy atom. The molecule has 0 aliphatic heterocycles. The van der Waals surface area contributed by atoms with Gasteiger partial charge in [-0.25, -0.2) is 26.3 Å². The number of hydrogen-bond donors (Lipinski definition) is 0. The van der Waals surface area contributed by atoms with E-state index in [1.807, 2.05) is 0 Å². The summed E-state index contributed by atoms with van der Waals surface area (Å²) < 4.78 is 117. The molecule has 0 aromatic carbocycles. The number of rotatable bonds is 4. The summed E-state index contributed by atoms with van der Waals surface area (Å²) in [5.74, 6) is -3.83. The van der Waals surface area contributed by atoms with Crippen LogP contribution in [0.2, 0.25) is 0 Å². The summed E-state index contributed by atoms with van der Waals surface area (Å²) in [4.78, 5) is 0. The molecule has 0 bridgehead atoms. The molecule has 3 aliphatic rings. The fourth-order valence-electron chi connectivity index (χ4n) is 5.08. The van der Waals surface area contributed by atoms with Crippen LogP contribution in [0, 0.1) is 17.8 Å². The minimum absolute atomic E-state index is 0.0233. The topological polar surface area (TPSA) is 9.23 Å². The van der Waals surface area contributed by atoms with E-state index in [2.05, 4.69) is 4.74 Å². The van der Waals surface area contributed by atoms with Crippen molar-refractivity contribution >= 4 is 11.6 Å². The molecule has 3 aliphatic carbocycles. The van der Waals surface area contributed by atoms with Crippen molar-refractivity contribution in [3.05, 3.63) is 0 Å². The lowest BCUT2D eigenvalue weighted by atomic mass is 9.70. The molecule has 29 heavy (non-hydrogen) atoms. The monoisotopic (exact) mass is 456 g/mol. The molecule has 0 heterocycles. The third kappa shape index (κ3) is 5.13. The Kier molecular flexibility index (Phi) is 7.29. The second-order valence-corrected chi connectivity index (χ2v) is 9.25. The summed E-state index contributed by atoms with van der Waals surface area (Å²) in [6, 6.07) is 0. The van der Waals surface area contributed by atoms with Gasteiger partial charge in [0.2, 0.25) is 0 Å². The summed E-state index contributed by atoms with van der Waals surface area (Å²) in [5, 5.41) is -0.879. The van der Waals surface area contributed by atoms with Crippen LogP contribution in [-0.4, -0.2) is 54.6 Å². The lowest BCUT2D eigenvalue weighted by Gasteiger charge is -2.42. The van der Waals surface area contributed by atoms with Crippen LogP contribution in [-0.2, 0) is 4.74 Å². The van der Waals surface area contributed by atoms with Gasteiger partial charge in [-0.2, -0.15) is 8.78 Å². The lowest BCUT2D eigenvalue weighted by Crippen LogP contribution is -2.50. The van der Waals surface area contributed by atoms with Gasteiger partial charge in [-0.05, 0) is 50.4 Å². The van der Waals surface area contributed by atoms with E-state index in [-0.39, 0.29) is 25.7 Å². The first-order valence-corrected chi connectivity index (χ1v) is 10.5. The van der Waals surface area contributed by atoms with Crippen LogP contribution < -0.4 is 0 Å². The molecule has 0 aromatic heterocycles. The first-order valence-electron chi connectivity index (χ1n) is 10.0. The molecule has 10 heteroatoms. The maximum Gasteiger partial charge on any atom is 0.364 e. The lowest BCUT2D eigenvalue weighted by molar-refractivity contribution is -0.319.